The third-order valence-electron chi connectivity index (χ3n) is 4.15. The summed E-state index contributed by atoms with van der Waals surface area (Å²) in [6, 6.07) is 13.0. The number of thioether (sulfide) groups is 1. The number of nitrogens with zero attached hydrogens (tertiary/aromatic N) is 1. The zero-order valence-electron chi connectivity index (χ0n) is 15.7. The maximum atomic E-state index is 13.0. The van der Waals surface area contributed by atoms with E-state index in [9.17, 15) is 18.8 Å². The Bertz CT molecular complexity index is 959. The number of carbonyl (C=O) groups is 3. The van der Waals surface area contributed by atoms with Crippen LogP contribution in [0, 0.1) is 12.7 Å². The second-order valence-corrected chi connectivity index (χ2v) is 7.28. The average Bonchev–Trinajstić information content (AvgIpc) is 2.96. The molecule has 29 heavy (non-hydrogen) atoms. The highest BCUT2D eigenvalue weighted by Crippen LogP contribution is 2.31. The molecule has 0 unspecified atom stereocenters. The van der Waals surface area contributed by atoms with Crippen molar-refractivity contribution in [2.24, 2.45) is 0 Å². The van der Waals surface area contributed by atoms with E-state index in [-0.39, 0.29) is 36.3 Å². The summed E-state index contributed by atoms with van der Waals surface area (Å²) in [4.78, 5) is 37.8. The van der Waals surface area contributed by atoms with Crippen molar-refractivity contribution in [2.45, 2.75) is 6.92 Å². The molecular weight excluding hydrogens is 395 g/mol. The zero-order chi connectivity index (χ0) is 20.8. The Morgan fingerprint density at radius 2 is 1.90 bits per heavy atom. The standard InChI is InChI=1S/C21H19FN2O4S/c1-14-4-2-3-5-17(14)28-13-19(25)23-10-11-24-20(26)18(29-21(24)27)12-15-6-8-16(22)9-7-15/h2-9,12H,10-11,13H2,1H3,(H,23,25)/b18-12-. The van der Waals surface area contributed by atoms with Gasteiger partial charge in [-0.3, -0.25) is 19.3 Å². The third kappa shape index (κ3) is 5.45. The minimum absolute atomic E-state index is 0.0571. The molecule has 0 atom stereocenters. The van der Waals surface area contributed by atoms with Gasteiger partial charge in [0.15, 0.2) is 6.61 Å². The third-order valence-corrected chi connectivity index (χ3v) is 5.06. The van der Waals surface area contributed by atoms with E-state index in [0.717, 1.165) is 22.2 Å². The zero-order valence-corrected chi connectivity index (χ0v) is 16.5. The first-order chi connectivity index (χ1) is 13.9. The molecule has 1 heterocycles. The number of imide groups is 1. The quantitative estimate of drug-likeness (QED) is 0.703. The topological polar surface area (TPSA) is 75.7 Å². The van der Waals surface area contributed by atoms with E-state index in [0.29, 0.717) is 11.3 Å². The van der Waals surface area contributed by atoms with Crippen molar-refractivity contribution in [3.05, 3.63) is 70.4 Å². The molecule has 3 amide bonds. The van der Waals surface area contributed by atoms with E-state index in [4.69, 9.17) is 4.74 Å². The van der Waals surface area contributed by atoms with Gasteiger partial charge in [-0.05, 0) is 54.1 Å². The molecule has 1 fully saturated rings. The molecule has 1 aliphatic heterocycles. The van der Waals surface area contributed by atoms with Crippen LogP contribution in [0.5, 0.6) is 5.75 Å². The lowest BCUT2D eigenvalue weighted by Gasteiger charge is -2.13. The Balaban J connectivity index is 1.48. The van der Waals surface area contributed by atoms with Crippen LogP contribution in [0.25, 0.3) is 6.08 Å². The molecule has 0 radical (unpaired) electrons. The summed E-state index contributed by atoms with van der Waals surface area (Å²) in [5.74, 6) is -0.534. The van der Waals surface area contributed by atoms with Crippen molar-refractivity contribution in [3.63, 3.8) is 0 Å². The number of aryl methyl sites for hydroxylation is 1. The Kier molecular flexibility index (Phi) is 6.66. The van der Waals surface area contributed by atoms with Crippen LogP contribution in [0.3, 0.4) is 0 Å². The fourth-order valence-corrected chi connectivity index (χ4v) is 3.49. The Morgan fingerprint density at radius 1 is 1.17 bits per heavy atom. The molecule has 8 heteroatoms. The van der Waals surface area contributed by atoms with Crippen molar-refractivity contribution in [2.75, 3.05) is 19.7 Å². The van der Waals surface area contributed by atoms with E-state index < -0.39 is 11.1 Å². The van der Waals surface area contributed by atoms with Crippen LogP contribution in [-0.2, 0) is 9.59 Å². The lowest BCUT2D eigenvalue weighted by molar-refractivity contribution is -0.125. The smallest absolute Gasteiger partial charge is 0.293 e. The van der Waals surface area contributed by atoms with Crippen molar-refractivity contribution in [1.82, 2.24) is 10.2 Å². The number of halogens is 1. The van der Waals surface area contributed by atoms with Gasteiger partial charge in [-0.25, -0.2) is 4.39 Å². The fourth-order valence-electron chi connectivity index (χ4n) is 2.62. The normalized spacial score (nSPS) is 15.1. The van der Waals surface area contributed by atoms with Crippen molar-refractivity contribution >= 4 is 34.9 Å². The SMILES string of the molecule is Cc1ccccc1OCC(=O)NCCN1C(=O)S/C(=C\c2ccc(F)cc2)C1=O. The van der Waals surface area contributed by atoms with Crippen molar-refractivity contribution < 1.29 is 23.5 Å². The van der Waals surface area contributed by atoms with Gasteiger partial charge in [0.1, 0.15) is 11.6 Å². The summed E-state index contributed by atoms with van der Waals surface area (Å²) in [6.45, 7) is 1.91. The monoisotopic (exact) mass is 414 g/mol. The molecule has 0 saturated carbocycles. The second kappa shape index (κ2) is 9.38. The molecule has 0 spiro atoms. The molecule has 0 bridgehead atoms. The van der Waals surface area contributed by atoms with Crippen LogP contribution in [0.15, 0.2) is 53.4 Å². The minimum atomic E-state index is -0.435. The van der Waals surface area contributed by atoms with Gasteiger partial charge in [-0.2, -0.15) is 0 Å². The largest absolute Gasteiger partial charge is 0.484 e. The van der Waals surface area contributed by atoms with Gasteiger partial charge in [0, 0.05) is 13.1 Å². The predicted molar refractivity (Wildman–Crippen MR) is 109 cm³/mol. The van der Waals surface area contributed by atoms with Gasteiger partial charge in [-0.1, -0.05) is 30.3 Å². The molecule has 1 aliphatic rings. The molecule has 0 aliphatic carbocycles. The van der Waals surface area contributed by atoms with Crippen molar-refractivity contribution in [1.29, 1.82) is 0 Å². The molecule has 1 N–H and O–H groups in total. The number of hydrogen-bond acceptors (Lipinski definition) is 5. The van der Waals surface area contributed by atoms with Crippen LogP contribution in [0.2, 0.25) is 0 Å². The number of amides is 3. The highest BCUT2D eigenvalue weighted by atomic mass is 32.2. The number of rotatable bonds is 7. The van der Waals surface area contributed by atoms with Gasteiger partial charge in [-0.15, -0.1) is 0 Å². The van der Waals surface area contributed by atoms with E-state index >= 15 is 0 Å². The van der Waals surface area contributed by atoms with Crippen LogP contribution in [0.1, 0.15) is 11.1 Å². The minimum Gasteiger partial charge on any atom is -0.484 e. The van der Waals surface area contributed by atoms with Gasteiger partial charge < -0.3 is 10.1 Å². The molecule has 2 aromatic rings. The molecular formula is C21H19FN2O4S. The number of ether oxygens (including phenoxy) is 1. The average molecular weight is 414 g/mol. The van der Waals surface area contributed by atoms with Crippen LogP contribution in [0.4, 0.5) is 9.18 Å². The summed E-state index contributed by atoms with van der Waals surface area (Å²) in [5.41, 5.74) is 1.55. The molecule has 2 aromatic carbocycles. The number of hydrogen-bond donors (Lipinski definition) is 1. The van der Waals surface area contributed by atoms with Crippen LogP contribution >= 0.6 is 11.8 Å². The van der Waals surface area contributed by atoms with Crippen LogP contribution < -0.4 is 10.1 Å². The molecule has 150 valence electrons. The Morgan fingerprint density at radius 3 is 2.62 bits per heavy atom. The summed E-state index contributed by atoms with van der Waals surface area (Å²) >= 11 is 0.816. The number of carbonyl (C=O) groups excluding carboxylic acids is 3. The maximum Gasteiger partial charge on any atom is 0.293 e. The first kappa shape index (κ1) is 20.6. The molecule has 6 nitrogen and oxygen atoms in total. The first-order valence-corrected chi connectivity index (χ1v) is 9.72. The molecule has 1 saturated heterocycles. The summed E-state index contributed by atoms with van der Waals surface area (Å²) < 4.78 is 18.4. The summed E-state index contributed by atoms with van der Waals surface area (Å²) in [6.07, 6.45) is 1.54. The number of nitrogens with one attached hydrogen (secondary N) is 1. The lowest BCUT2D eigenvalue weighted by Crippen LogP contribution is -2.38. The first-order valence-electron chi connectivity index (χ1n) is 8.90. The van der Waals surface area contributed by atoms with E-state index in [1.165, 1.54) is 24.3 Å². The number of benzene rings is 2. The lowest BCUT2D eigenvalue weighted by atomic mass is 10.2. The highest BCUT2D eigenvalue weighted by Gasteiger charge is 2.34. The fraction of sp³-hybridized carbons (Fsp3) is 0.190. The summed E-state index contributed by atoms with van der Waals surface area (Å²) in [5, 5.41) is 2.22. The Hall–Kier alpha value is -3.13. The van der Waals surface area contributed by atoms with Gasteiger partial charge in [0.05, 0.1) is 4.91 Å². The van der Waals surface area contributed by atoms with E-state index in [1.54, 1.807) is 12.1 Å². The van der Waals surface area contributed by atoms with Gasteiger partial charge >= 0.3 is 0 Å². The molecule has 0 aromatic heterocycles. The number of para-hydroxylation sites is 1. The predicted octanol–water partition coefficient (Wildman–Crippen LogP) is 3.37. The second-order valence-electron chi connectivity index (χ2n) is 6.29. The van der Waals surface area contributed by atoms with Crippen LogP contribution in [-0.4, -0.2) is 41.6 Å². The maximum absolute atomic E-state index is 13.0. The van der Waals surface area contributed by atoms with Gasteiger partial charge in [0.2, 0.25) is 0 Å². The Labute approximate surface area is 171 Å². The molecule has 3 rings (SSSR count). The van der Waals surface area contributed by atoms with E-state index in [2.05, 4.69) is 5.32 Å². The summed E-state index contributed by atoms with van der Waals surface area (Å²) in [7, 11) is 0. The van der Waals surface area contributed by atoms with Gasteiger partial charge in [0.25, 0.3) is 17.1 Å². The highest BCUT2D eigenvalue weighted by molar-refractivity contribution is 8.18. The van der Waals surface area contributed by atoms with E-state index in [1.807, 2.05) is 25.1 Å². The van der Waals surface area contributed by atoms with Crippen molar-refractivity contribution in [3.8, 4) is 5.75 Å².